The van der Waals surface area contributed by atoms with Crippen molar-refractivity contribution < 1.29 is 9.59 Å². The van der Waals surface area contributed by atoms with Gasteiger partial charge in [0.1, 0.15) is 0 Å². The van der Waals surface area contributed by atoms with Crippen LogP contribution in [0.5, 0.6) is 0 Å². The van der Waals surface area contributed by atoms with Gasteiger partial charge in [-0.3, -0.25) is 4.79 Å². The predicted octanol–water partition coefficient (Wildman–Crippen LogP) is 2.37. The van der Waals surface area contributed by atoms with Gasteiger partial charge in [-0.25, -0.2) is 4.79 Å². The molecule has 0 aliphatic carbocycles. The van der Waals surface area contributed by atoms with Crippen molar-refractivity contribution in [3.05, 3.63) is 36.0 Å². The van der Waals surface area contributed by atoms with E-state index in [2.05, 4.69) is 22.0 Å². The maximum atomic E-state index is 12.7. The van der Waals surface area contributed by atoms with Gasteiger partial charge in [-0.05, 0) is 32.4 Å². The number of aromatic nitrogens is 1. The van der Waals surface area contributed by atoms with Gasteiger partial charge in [0.15, 0.2) is 0 Å². The lowest BCUT2D eigenvalue weighted by Crippen LogP contribution is -2.56. The van der Waals surface area contributed by atoms with Crippen LogP contribution in [0, 0.1) is 0 Å². The molecule has 1 N–H and O–H groups in total. The van der Waals surface area contributed by atoms with E-state index in [1.165, 1.54) is 0 Å². The smallest absolute Gasteiger partial charge is 0.317 e. The van der Waals surface area contributed by atoms with Crippen LogP contribution in [0.15, 0.2) is 30.5 Å². The lowest BCUT2D eigenvalue weighted by atomic mass is 10.1. The number of para-hydroxylation sites is 1. The highest BCUT2D eigenvalue weighted by Gasteiger charge is 2.26. The molecule has 1 aliphatic heterocycles. The van der Waals surface area contributed by atoms with Gasteiger partial charge in [0.25, 0.3) is 0 Å². The third-order valence-electron chi connectivity index (χ3n) is 4.72. The maximum absolute atomic E-state index is 12.7. The number of amides is 3. The number of carbonyl (C=O) groups excluding carboxylic acids is 2. The predicted molar refractivity (Wildman–Crippen MR) is 103 cm³/mol. The molecule has 6 nitrogen and oxygen atoms in total. The summed E-state index contributed by atoms with van der Waals surface area (Å²) in [6.07, 6.45) is 2.44. The fourth-order valence-corrected chi connectivity index (χ4v) is 3.40. The summed E-state index contributed by atoms with van der Waals surface area (Å²) in [6, 6.07) is 8.08. The number of piperazine rings is 1. The molecule has 0 radical (unpaired) electrons. The number of benzene rings is 1. The van der Waals surface area contributed by atoms with Crippen molar-refractivity contribution in [1.82, 2.24) is 19.7 Å². The third kappa shape index (κ3) is 4.00. The Bertz CT molecular complexity index is 811. The topological polar surface area (TPSA) is 57.6 Å². The Morgan fingerprint density at radius 3 is 2.31 bits per heavy atom. The van der Waals surface area contributed by atoms with E-state index in [0.717, 1.165) is 16.5 Å². The summed E-state index contributed by atoms with van der Waals surface area (Å²) in [5, 5.41) is 4.11. The lowest BCUT2D eigenvalue weighted by molar-refractivity contribution is -0.131. The quantitative estimate of drug-likeness (QED) is 0.898. The van der Waals surface area contributed by atoms with E-state index in [1.54, 1.807) is 4.90 Å². The molecule has 3 amide bonds. The number of hydrogen-bond donors (Lipinski definition) is 1. The minimum atomic E-state index is -0.252. The normalized spacial score (nSPS) is 15.4. The Labute approximate surface area is 154 Å². The summed E-state index contributed by atoms with van der Waals surface area (Å²) in [7, 11) is 2.00. The second-order valence-corrected chi connectivity index (χ2v) is 8.01. The fourth-order valence-electron chi connectivity index (χ4n) is 3.40. The van der Waals surface area contributed by atoms with E-state index in [1.807, 2.05) is 51.0 Å². The number of rotatable bonds is 2. The highest BCUT2D eigenvalue weighted by atomic mass is 16.2. The van der Waals surface area contributed by atoms with Crippen LogP contribution in [0.25, 0.3) is 10.9 Å². The molecule has 2 aromatic rings. The molecule has 3 rings (SSSR count). The average molecular weight is 356 g/mol. The van der Waals surface area contributed by atoms with E-state index in [-0.39, 0.29) is 17.5 Å². The summed E-state index contributed by atoms with van der Waals surface area (Å²) >= 11 is 0. The highest BCUT2D eigenvalue weighted by molar-refractivity contribution is 5.89. The summed E-state index contributed by atoms with van der Waals surface area (Å²) in [5.74, 6) is 0.122. The van der Waals surface area contributed by atoms with Crippen molar-refractivity contribution in [2.75, 3.05) is 26.2 Å². The summed E-state index contributed by atoms with van der Waals surface area (Å²) in [6.45, 7) is 8.22. The number of nitrogens with zero attached hydrogens (tertiary/aromatic N) is 3. The van der Waals surface area contributed by atoms with Gasteiger partial charge in [0.05, 0.1) is 6.42 Å². The molecule has 1 aromatic carbocycles. The zero-order valence-corrected chi connectivity index (χ0v) is 16.1. The lowest BCUT2D eigenvalue weighted by Gasteiger charge is -2.36. The van der Waals surface area contributed by atoms with Crippen molar-refractivity contribution in [3.63, 3.8) is 0 Å². The summed E-state index contributed by atoms with van der Waals surface area (Å²) in [4.78, 5) is 28.6. The largest absolute Gasteiger partial charge is 0.350 e. The van der Waals surface area contributed by atoms with Crippen molar-refractivity contribution in [2.45, 2.75) is 32.7 Å². The van der Waals surface area contributed by atoms with E-state index in [9.17, 15) is 9.59 Å². The van der Waals surface area contributed by atoms with Crippen LogP contribution >= 0.6 is 0 Å². The molecule has 0 saturated carbocycles. The number of nitrogens with one attached hydrogen (secondary N) is 1. The van der Waals surface area contributed by atoms with Crippen LogP contribution in [0.2, 0.25) is 0 Å². The zero-order chi connectivity index (χ0) is 18.9. The van der Waals surface area contributed by atoms with Gasteiger partial charge in [-0.2, -0.15) is 0 Å². The van der Waals surface area contributed by atoms with E-state index >= 15 is 0 Å². The molecule has 1 aromatic heterocycles. The van der Waals surface area contributed by atoms with Crippen LogP contribution in [0.3, 0.4) is 0 Å². The minimum Gasteiger partial charge on any atom is -0.350 e. The van der Waals surface area contributed by atoms with Crippen LogP contribution in [0.4, 0.5) is 4.79 Å². The SMILES string of the molecule is Cn1cc(CC(=O)N2CCN(C(=O)NC(C)(C)C)CC2)c2ccccc21. The van der Waals surface area contributed by atoms with Gasteiger partial charge in [-0.1, -0.05) is 18.2 Å². The molecule has 0 unspecified atom stereocenters. The van der Waals surface area contributed by atoms with Crippen LogP contribution in [-0.2, 0) is 18.3 Å². The molecular formula is C20H28N4O2. The molecule has 0 atom stereocenters. The Kier molecular flexibility index (Phi) is 4.94. The zero-order valence-electron chi connectivity index (χ0n) is 16.1. The van der Waals surface area contributed by atoms with E-state index < -0.39 is 0 Å². The van der Waals surface area contributed by atoms with Crippen molar-refractivity contribution in [1.29, 1.82) is 0 Å². The number of carbonyl (C=O) groups is 2. The van der Waals surface area contributed by atoms with Crippen molar-refractivity contribution in [3.8, 4) is 0 Å². The molecule has 1 fully saturated rings. The molecule has 0 bridgehead atoms. The number of aryl methyl sites for hydroxylation is 1. The van der Waals surface area contributed by atoms with Gasteiger partial charge < -0.3 is 19.7 Å². The van der Waals surface area contributed by atoms with Crippen molar-refractivity contribution in [2.24, 2.45) is 7.05 Å². The molecule has 1 aliphatic rings. The molecular weight excluding hydrogens is 328 g/mol. The van der Waals surface area contributed by atoms with Gasteiger partial charge >= 0.3 is 6.03 Å². The Balaban J connectivity index is 1.59. The fraction of sp³-hybridized carbons (Fsp3) is 0.500. The molecule has 2 heterocycles. The first-order chi connectivity index (χ1) is 12.2. The second-order valence-electron chi connectivity index (χ2n) is 8.01. The Morgan fingerprint density at radius 2 is 1.65 bits per heavy atom. The summed E-state index contributed by atoms with van der Waals surface area (Å²) < 4.78 is 2.06. The standard InChI is InChI=1S/C20H28N4O2/c1-20(2,3)21-19(26)24-11-9-23(10-12-24)18(25)13-15-14-22(4)17-8-6-5-7-16(15)17/h5-8,14H,9-13H2,1-4H3,(H,21,26). The van der Waals surface area contributed by atoms with E-state index in [4.69, 9.17) is 0 Å². The van der Waals surface area contributed by atoms with Gasteiger partial charge in [0.2, 0.25) is 5.91 Å². The molecule has 26 heavy (non-hydrogen) atoms. The van der Waals surface area contributed by atoms with Crippen LogP contribution < -0.4 is 5.32 Å². The Morgan fingerprint density at radius 1 is 1.04 bits per heavy atom. The first-order valence-electron chi connectivity index (χ1n) is 9.12. The highest BCUT2D eigenvalue weighted by Crippen LogP contribution is 2.21. The summed E-state index contributed by atoms with van der Waals surface area (Å²) in [5.41, 5.74) is 1.94. The monoisotopic (exact) mass is 356 g/mol. The maximum Gasteiger partial charge on any atom is 0.317 e. The van der Waals surface area contributed by atoms with Crippen LogP contribution in [0.1, 0.15) is 26.3 Å². The molecule has 1 saturated heterocycles. The first kappa shape index (κ1) is 18.3. The first-order valence-corrected chi connectivity index (χ1v) is 9.12. The number of hydrogen-bond acceptors (Lipinski definition) is 2. The molecule has 6 heteroatoms. The minimum absolute atomic E-state index is 0.0568. The second kappa shape index (κ2) is 7.02. The van der Waals surface area contributed by atoms with Gasteiger partial charge in [-0.15, -0.1) is 0 Å². The molecule has 140 valence electrons. The molecule has 0 spiro atoms. The van der Waals surface area contributed by atoms with Crippen LogP contribution in [-0.4, -0.2) is 58.0 Å². The van der Waals surface area contributed by atoms with E-state index in [0.29, 0.717) is 32.6 Å². The van der Waals surface area contributed by atoms with Gasteiger partial charge in [0, 0.05) is 55.9 Å². The Hall–Kier alpha value is -2.50. The van der Waals surface area contributed by atoms with Crippen molar-refractivity contribution >= 4 is 22.8 Å². The third-order valence-corrected chi connectivity index (χ3v) is 4.72. The number of urea groups is 1. The average Bonchev–Trinajstić information content (AvgIpc) is 2.90. The number of fused-ring (bicyclic) bond motifs is 1.